The van der Waals surface area contributed by atoms with E-state index in [0.717, 1.165) is 36.6 Å². The molecule has 7 nitrogen and oxygen atoms in total. The van der Waals surface area contributed by atoms with Gasteiger partial charge in [-0.15, -0.1) is 12.4 Å². The van der Waals surface area contributed by atoms with E-state index < -0.39 is 0 Å². The number of aliphatic hydroxyl groups excluding tert-OH is 1. The molecule has 30 heavy (non-hydrogen) atoms. The maximum Gasteiger partial charge on any atom is 0.331 e. The van der Waals surface area contributed by atoms with Gasteiger partial charge < -0.3 is 10.1 Å². The monoisotopic (exact) mass is 429 g/mol. The van der Waals surface area contributed by atoms with Crippen molar-refractivity contribution in [3.05, 3.63) is 47.4 Å². The summed E-state index contributed by atoms with van der Waals surface area (Å²) >= 11 is 0. The summed E-state index contributed by atoms with van der Waals surface area (Å²) in [6, 6.07) is 10.3. The van der Waals surface area contributed by atoms with Crippen LogP contribution in [-0.4, -0.2) is 57.6 Å². The van der Waals surface area contributed by atoms with Crippen LogP contribution >= 0.6 is 12.4 Å². The highest BCUT2D eigenvalue weighted by Gasteiger charge is 2.42. The first-order chi connectivity index (χ1) is 14.2. The molecule has 1 fully saturated rings. The van der Waals surface area contributed by atoms with Crippen molar-refractivity contribution in [3.63, 3.8) is 0 Å². The molecular weight excluding hydrogens is 402 g/mol. The maximum absolute atomic E-state index is 13.2. The lowest BCUT2D eigenvalue weighted by molar-refractivity contribution is 0.225. The minimum atomic E-state index is -0.0790. The predicted octanol–water partition coefficient (Wildman–Crippen LogP) is 3.49. The third-order valence-corrected chi connectivity index (χ3v) is 6.19. The highest BCUT2D eigenvalue weighted by molar-refractivity contribution is 6.18. The van der Waals surface area contributed by atoms with E-state index in [1.807, 2.05) is 18.2 Å². The summed E-state index contributed by atoms with van der Waals surface area (Å²) in [6.45, 7) is 1.09. The maximum atomic E-state index is 13.2. The van der Waals surface area contributed by atoms with Crippen molar-refractivity contribution in [2.75, 3.05) is 24.6 Å². The zero-order chi connectivity index (χ0) is 19.8. The van der Waals surface area contributed by atoms with E-state index in [4.69, 9.17) is 9.98 Å². The summed E-state index contributed by atoms with van der Waals surface area (Å²) < 4.78 is 0. The summed E-state index contributed by atoms with van der Waals surface area (Å²) in [5, 5.41) is 9.30. The Morgan fingerprint density at radius 3 is 2.67 bits per heavy atom. The predicted molar refractivity (Wildman–Crippen MR) is 119 cm³/mol. The average Bonchev–Trinajstić information content (AvgIpc) is 3.47. The van der Waals surface area contributed by atoms with Crippen molar-refractivity contribution in [3.8, 4) is 0 Å². The number of hydrogen-bond donors (Lipinski definition) is 2. The van der Waals surface area contributed by atoms with Crippen molar-refractivity contribution in [1.82, 2.24) is 14.9 Å². The van der Waals surface area contributed by atoms with Crippen LogP contribution in [0, 0.1) is 0 Å². The van der Waals surface area contributed by atoms with Crippen molar-refractivity contribution in [1.29, 1.82) is 0 Å². The Morgan fingerprint density at radius 1 is 1.17 bits per heavy atom. The molecule has 1 aromatic carbocycles. The number of imidazole rings is 1. The van der Waals surface area contributed by atoms with Crippen LogP contribution in [0.4, 0.5) is 10.6 Å². The number of aromatic nitrogens is 2. The number of aromatic amines is 1. The first-order valence-electron chi connectivity index (χ1n) is 10.7. The smallest absolute Gasteiger partial charge is 0.331 e. The van der Waals surface area contributed by atoms with E-state index in [1.165, 1.54) is 18.4 Å². The number of nitrogens with zero attached hydrogens (tertiary/aromatic N) is 4. The Morgan fingerprint density at radius 2 is 1.93 bits per heavy atom. The molecule has 1 aromatic heterocycles. The molecule has 2 amide bonds. The summed E-state index contributed by atoms with van der Waals surface area (Å²) in [7, 11) is 0. The zero-order valence-electron chi connectivity index (χ0n) is 17.0. The third kappa shape index (κ3) is 3.72. The van der Waals surface area contributed by atoms with Gasteiger partial charge >= 0.3 is 6.03 Å². The number of anilines is 1. The zero-order valence-corrected chi connectivity index (χ0v) is 17.8. The molecule has 0 saturated heterocycles. The molecule has 1 saturated carbocycles. The average molecular weight is 430 g/mol. The van der Waals surface area contributed by atoms with Gasteiger partial charge in [0.1, 0.15) is 11.5 Å². The van der Waals surface area contributed by atoms with Crippen molar-refractivity contribution >= 4 is 30.1 Å². The van der Waals surface area contributed by atoms with Gasteiger partial charge in [0.05, 0.1) is 12.6 Å². The standard InChI is InChI=1S/C22H27N5O2.ClH/c28-12-6-11-26-21-18(24-19(25-21)16-9-4-5-10-16)20-23-17(14-27(20)22(26)29)13-15-7-2-1-3-8-15;/h1-3,7-8,16-17,28H,4-6,9-14H2,(H,24,25);1H/t17-;/m1./s1. The highest BCUT2D eigenvalue weighted by Crippen LogP contribution is 2.37. The van der Waals surface area contributed by atoms with Gasteiger partial charge in [-0.2, -0.15) is 0 Å². The van der Waals surface area contributed by atoms with Gasteiger partial charge in [0.2, 0.25) is 0 Å². The van der Waals surface area contributed by atoms with Crippen LogP contribution in [0.2, 0.25) is 0 Å². The Labute approximate surface area is 182 Å². The molecule has 1 atom stereocenters. The second-order valence-electron chi connectivity index (χ2n) is 8.22. The molecule has 0 bridgehead atoms. The van der Waals surface area contributed by atoms with Crippen LogP contribution in [0.3, 0.4) is 0 Å². The van der Waals surface area contributed by atoms with E-state index in [1.54, 1.807) is 9.80 Å². The number of rotatable bonds is 6. The molecule has 2 aromatic rings. The molecule has 3 aliphatic rings. The van der Waals surface area contributed by atoms with E-state index in [9.17, 15) is 9.90 Å². The summed E-state index contributed by atoms with van der Waals surface area (Å²) in [6.07, 6.45) is 6.09. The van der Waals surface area contributed by atoms with Gasteiger partial charge in [-0.1, -0.05) is 43.2 Å². The Bertz CT molecular complexity index is 923. The van der Waals surface area contributed by atoms with Crippen LogP contribution in [-0.2, 0) is 6.42 Å². The Kier molecular flexibility index (Phi) is 6.11. The minimum absolute atomic E-state index is 0. The van der Waals surface area contributed by atoms with Gasteiger partial charge in [-0.3, -0.25) is 14.8 Å². The highest BCUT2D eigenvalue weighted by atomic mass is 35.5. The normalized spacial score (nSPS) is 20.8. The molecule has 0 spiro atoms. The van der Waals surface area contributed by atoms with Gasteiger partial charge in [-0.25, -0.2) is 9.78 Å². The molecule has 2 N–H and O–H groups in total. The number of H-pyrrole nitrogens is 1. The lowest BCUT2D eigenvalue weighted by Crippen LogP contribution is -2.50. The number of benzene rings is 1. The number of nitrogens with one attached hydrogen (secondary N) is 1. The number of aliphatic hydroxyl groups is 1. The lowest BCUT2D eigenvalue weighted by Gasteiger charge is -2.32. The summed E-state index contributed by atoms with van der Waals surface area (Å²) in [4.78, 5) is 30.0. The number of carbonyl (C=O) groups excluding carboxylic acids is 1. The molecular formula is C22H28ClN5O2. The van der Waals surface area contributed by atoms with E-state index in [-0.39, 0.29) is 31.1 Å². The molecule has 3 heterocycles. The van der Waals surface area contributed by atoms with E-state index in [2.05, 4.69) is 17.1 Å². The number of aliphatic imine (C=N–C) groups is 1. The summed E-state index contributed by atoms with van der Waals surface area (Å²) in [5.74, 6) is 2.82. The molecule has 2 aliphatic heterocycles. The molecule has 160 valence electrons. The minimum Gasteiger partial charge on any atom is -0.396 e. The topological polar surface area (TPSA) is 84.8 Å². The van der Waals surface area contributed by atoms with Gasteiger partial charge in [0.15, 0.2) is 11.7 Å². The van der Waals surface area contributed by atoms with Crippen LogP contribution in [0.1, 0.15) is 55.1 Å². The Hall–Kier alpha value is -2.38. The van der Waals surface area contributed by atoms with E-state index in [0.29, 0.717) is 31.2 Å². The first-order valence-corrected chi connectivity index (χ1v) is 10.7. The lowest BCUT2D eigenvalue weighted by atomic mass is 10.1. The van der Waals surface area contributed by atoms with Crippen molar-refractivity contribution < 1.29 is 9.90 Å². The van der Waals surface area contributed by atoms with Crippen LogP contribution in [0.25, 0.3) is 0 Å². The number of carbonyl (C=O) groups is 1. The second-order valence-corrected chi connectivity index (χ2v) is 8.22. The fraction of sp³-hybridized carbons (Fsp3) is 0.500. The third-order valence-electron chi connectivity index (χ3n) is 6.19. The van der Waals surface area contributed by atoms with Crippen LogP contribution in [0.5, 0.6) is 0 Å². The van der Waals surface area contributed by atoms with Crippen molar-refractivity contribution in [2.24, 2.45) is 4.99 Å². The largest absolute Gasteiger partial charge is 0.396 e. The number of urea groups is 1. The molecule has 0 radical (unpaired) electrons. The molecule has 0 unspecified atom stereocenters. The quantitative estimate of drug-likeness (QED) is 0.737. The molecule has 5 rings (SSSR count). The number of amidine groups is 1. The Balaban J connectivity index is 0.00000218. The van der Waals surface area contributed by atoms with Gasteiger partial charge in [0.25, 0.3) is 0 Å². The molecule has 8 heteroatoms. The number of amides is 2. The van der Waals surface area contributed by atoms with Gasteiger partial charge in [0, 0.05) is 19.1 Å². The fourth-order valence-corrected chi connectivity index (χ4v) is 4.74. The number of fused-ring (bicyclic) bond motifs is 3. The van der Waals surface area contributed by atoms with Crippen LogP contribution < -0.4 is 4.90 Å². The number of hydrogen-bond acceptors (Lipinski definition) is 4. The summed E-state index contributed by atoms with van der Waals surface area (Å²) in [5.41, 5.74) is 2.09. The van der Waals surface area contributed by atoms with Crippen molar-refractivity contribution in [2.45, 2.75) is 50.5 Å². The number of halogens is 1. The first kappa shape index (κ1) is 20.9. The SMILES string of the molecule is Cl.O=C1N2C[C@@H](Cc3ccccc3)N=C2c2[nH]c(C3CCCC3)nc2N1CCCO. The second kappa shape index (κ2) is 8.78. The van der Waals surface area contributed by atoms with Crippen LogP contribution in [0.15, 0.2) is 35.3 Å². The fourth-order valence-electron chi connectivity index (χ4n) is 4.74. The molecule has 1 aliphatic carbocycles. The van der Waals surface area contributed by atoms with Gasteiger partial charge in [-0.05, 0) is 31.2 Å². The van der Waals surface area contributed by atoms with E-state index >= 15 is 0 Å².